The van der Waals surface area contributed by atoms with E-state index in [9.17, 15) is 9.90 Å². The molecule has 0 spiro atoms. The Balaban J connectivity index is 2.14. The number of ether oxygens (including phenoxy) is 2. The third-order valence-corrected chi connectivity index (χ3v) is 2.93. The Labute approximate surface area is 102 Å². The van der Waals surface area contributed by atoms with Crippen molar-refractivity contribution in [1.29, 1.82) is 0 Å². The molecule has 0 bridgehead atoms. The van der Waals surface area contributed by atoms with Crippen LogP contribution in [0.2, 0.25) is 0 Å². The minimum absolute atomic E-state index is 0.0658. The minimum atomic E-state index is -0.440. The van der Waals surface area contributed by atoms with Gasteiger partial charge in [-0.3, -0.25) is 0 Å². The number of carbonyl (C=O) groups is 1. The molecule has 0 saturated carbocycles. The zero-order valence-electron chi connectivity index (χ0n) is 9.04. The zero-order chi connectivity index (χ0) is 12.3. The van der Waals surface area contributed by atoms with Gasteiger partial charge in [-0.1, -0.05) is 6.07 Å². The number of hydrogen-bond donors (Lipinski definition) is 1. The van der Waals surface area contributed by atoms with Gasteiger partial charge in [-0.25, -0.2) is 4.79 Å². The van der Waals surface area contributed by atoms with Gasteiger partial charge in [0.15, 0.2) is 11.5 Å². The van der Waals surface area contributed by atoms with Crippen molar-refractivity contribution in [3.05, 3.63) is 40.6 Å². The summed E-state index contributed by atoms with van der Waals surface area (Å²) in [6.07, 6.45) is 0. The van der Waals surface area contributed by atoms with Crippen LogP contribution < -0.4 is 9.47 Å². The number of esters is 1. The highest BCUT2D eigenvalue weighted by Crippen LogP contribution is 2.30. The topological polar surface area (TPSA) is 55.8 Å². The molecule has 4 nitrogen and oxygen atoms in total. The standard InChI is InChI=1S/C12H10O4S/c1-15-10-5-4-8(7-9(10)13)16-12(14)11-3-2-6-17-11/h2-7,13H,1H3. The van der Waals surface area contributed by atoms with Gasteiger partial charge < -0.3 is 14.6 Å². The second-order valence-electron chi connectivity index (χ2n) is 3.20. The molecule has 5 heteroatoms. The van der Waals surface area contributed by atoms with Crippen molar-refractivity contribution in [3.8, 4) is 17.2 Å². The molecule has 2 aromatic rings. The van der Waals surface area contributed by atoms with Gasteiger partial charge in [-0.05, 0) is 23.6 Å². The van der Waals surface area contributed by atoms with E-state index in [1.165, 1.54) is 30.6 Å². The van der Waals surface area contributed by atoms with E-state index in [0.29, 0.717) is 10.6 Å². The van der Waals surface area contributed by atoms with Crippen molar-refractivity contribution in [3.63, 3.8) is 0 Å². The van der Waals surface area contributed by atoms with Crippen molar-refractivity contribution >= 4 is 17.3 Å². The summed E-state index contributed by atoms with van der Waals surface area (Å²) in [7, 11) is 1.45. The van der Waals surface area contributed by atoms with Gasteiger partial charge in [-0.15, -0.1) is 11.3 Å². The highest BCUT2D eigenvalue weighted by atomic mass is 32.1. The lowest BCUT2D eigenvalue weighted by molar-refractivity contribution is 0.0739. The normalized spacial score (nSPS) is 9.94. The molecule has 88 valence electrons. The number of benzene rings is 1. The number of phenolic OH excluding ortho intramolecular Hbond substituents is 1. The molecule has 0 fully saturated rings. The fourth-order valence-corrected chi connectivity index (χ4v) is 1.88. The molecular weight excluding hydrogens is 240 g/mol. The molecule has 0 saturated heterocycles. The maximum absolute atomic E-state index is 11.6. The molecule has 1 aromatic carbocycles. The Morgan fingerprint density at radius 1 is 1.35 bits per heavy atom. The molecule has 17 heavy (non-hydrogen) atoms. The Bertz CT molecular complexity index is 519. The van der Waals surface area contributed by atoms with E-state index in [0.717, 1.165) is 0 Å². The van der Waals surface area contributed by atoms with E-state index < -0.39 is 5.97 Å². The van der Waals surface area contributed by atoms with Gasteiger partial charge in [0.05, 0.1) is 7.11 Å². The Kier molecular flexibility index (Phi) is 3.30. The second-order valence-corrected chi connectivity index (χ2v) is 4.15. The summed E-state index contributed by atoms with van der Waals surface area (Å²) in [5, 5.41) is 11.3. The lowest BCUT2D eigenvalue weighted by Gasteiger charge is -2.06. The maximum Gasteiger partial charge on any atom is 0.353 e. The SMILES string of the molecule is COc1ccc(OC(=O)c2cccs2)cc1O. The molecular formula is C12H10O4S. The van der Waals surface area contributed by atoms with Gasteiger partial charge in [0.1, 0.15) is 10.6 Å². The molecule has 0 aliphatic heterocycles. The monoisotopic (exact) mass is 250 g/mol. The van der Waals surface area contributed by atoms with Crippen molar-refractivity contribution in [2.75, 3.05) is 7.11 Å². The highest BCUT2D eigenvalue weighted by molar-refractivity contribution is 7.12. The third kappa shape index (κ3) is 2.57. The Morgan fingerprint density at radius 2 is 2.18 bits per heavy atom. The molecule has 0 aliphatic carbocycles. The van der Waals surface area contributed by atoms with Gasteiger partial charge in [0.25, 0.3) is 0 Å². The summed E-state index contributed by atoms with van der Waals surface area (Å²) < 4.78 is 9.98. The highest BCUT2D eigenvalue weighted by Gasteiger charge is 2.11. The number of hydrogen-bond acceptors (Lipinski definition) is 5. The van der Waals surface area contributed by atoms with E-state index in [2.05, 4.69) is 0 Å². The molecule has 0 unspecified atom stereocenters. The van der Waals surface area contributed by atoms with E-state index in [4.69, 9.17) is 9.47 Å². The molecule has 1 N–H and O–H groups in total. The maximum atomic E-state index is 11.6. The van der Waals surface area contributed by atoms with Crippen molar-refractivity contribution in [2.24, 2.45) is 0 Å². The first-order valence-electron chi connectivity index (χ1n) is 4.83. The van der Waals surface area contributed by atoms with Crippen LogP contribution in [0.5, 0.6) is 17.2 Å². The predicted molar refractivity (Wildman–Crippen MR) is 63.9 cm³/mol. The number of carbonyl (C=O) groups excluding carboxylic acids is 1. The molecule has 0 atom stereocenters. The average Bonchev–Trinajstić information content (AvgIpc) is 2.82. The number of rotatable bonds is 3. The Morgan fingerprint density at radius 3 is 2.76 bits per heavy atom. The van der Waals surface area contributed by atoms with Gasteiger partial charge >= 0.3 is 5.97 Å². The van der Waals surface area contributed by atoms with Gasteiger partial charge in [0, 0.05) is 6.07 Å². The number of aromatic hydroxyl groups is 1. The lowest BCUT2D eigenvalue weighted by atomic mass is 10.3. The Hall–Kier alpha value is -2.01. The van der Waals surface area contributed by atoms with Crippen LogP contribution in [-0.4, -0.2) is 18.2 Å². The molecule has 0 radical (unpaired) electrons. The number of phenols is 1. The molecule has 1 aromatic heterocycles. The minimum Gasteiger partial charge on any atom is -0.504 e. The fourth-order valence-electron chi connectivity index (χ4n) is 1.29. The zero-order valence-corrected chi connectivity index (χ0v) is 9.86. The summed E-state index contributed by atoms with van der Waals surface area (Å²) in [4.78, 5) is 12.1. The largest absolute Gasteiger partial charge is 0.504 e. The first-order valence-corrected chi connectivity index (χ1v) is 5.71. The molecule has 0 aliphatic rings. The first-order chi connectivity index (χ1) is 8.20. The van der Waals surface area contributed by atoms with E-state index in [1.54, 1.807) is 23.6 Å². The van der Waals surface area contributed by atoms with Crippen LogP contribution in [0.15, 0.2) is 35.7 Å². The summed E-state index contributed by atoms with van der Waals surface area (Å²) in [6.45, 7) is 0. The van der Waals surface area contributed by atoms with Crippen LogP contribution in [0.3, 0.4) is 0 Å². The van der Waals surface area contributed by atoms with Gasteiger partial charge in [-0.2, -0.15) is 0 Å². The summed E-state index contributed by atoms with van der Waals surface area (Å²) in [5.41, 5.74) is 0. The van der Waals surface area contributed by atoms with Crippen LogP contribution in [0.1, 0.15) is 9.67 Å². The quantitative estimate of drug-likeness (QED) is 0.672. The lowest BCUT2D eigenvalue weighted by Crippen LogP contribution is -2.06. The van der Waals surface area contributed by atoms with Crippen LogP contribution in [0.25, 0.3) is 0 Å². The fraction of sp³-hybridized carbons (Fsp3) is 0.0833. The van der Waals surface area contributed by atoms with E-state index >= 15 is 0 Å². The predicted octanol–water partition coefficient (Wildman–Crippen LogP) is 2.68. The van der Waals surface area contributed by atoms with Crippen LogP contribution >= 0.6 is 11.3 Å². The molecule has 1 heterocycles. The van der Waals surface area contributed by atoms with Crippen molar-refractivity contribution in [1.82, 2.24) is 0 Å². The summed E-state index contributed by atoms with van der Waals surface area (Å²) in [5.74, 6) is 0.108. The molecule has 2 rings (SSSR count). The van der Waals surface area contributed by atoms with Crippen molar-refractivity contribution < 1.29 is 19.4 Å². The summed E-state index contributed by atoms with van der Waals surface area (Å²) in [6, 6.07) is 7.88. The summed E-state index contributed by atoms with van der Waals surface area (Å²) >= 11 is 1.30. The smallest absolute Gasteiger partial charge is 0.353 e. The molecule has 0 amide bonds. The van der Waals surface area contributed by atoms with Crippen LogP contribution in [0.4, 0.5) is 0 Å². The van der Waals surface area contributed by atoms with Gasteiger partial charge in [0.2, 0.25) is 0 Å². The van der Waals surface area contributed by atoms with Crippen molar-refractivity contribution in [2.45, 2.75) is 0 Å². The number of thiophene rings is 1. The van der Waals surface area contributed by atoms with Crippen LogP contribution in [0, 0.1) is 0 Å². The van der Waals surface area contributed by atoms with E-state index in [1.807, 2.05) is 0 Å². The second kappa shape index (κ2) is 4.88. The first kappa shape index (κ1) is 11.5. The number of methoxy groups -OCH3 is 1. The third-order valence-electron chi connectivity index (χ3n) is 2.08. The average molecular weight is 250 g/mol. The van der Waals surface area contributed by atoms with E-state index in [-0.39, 0.29) is 11.5 Å². The van der Waals surface area contributed by atoms with Crippen LogP contribution in [-0.2, 0) is 0 Å².